The molecule has 4 aromatic rings. The number of amides is 3. The number of thiazole rings is 1. The van der Waals surface area contributed by atoms with E-state index in [0.29, 0.717) is 63.1 Å². The first-order valence-corrected chi connectivity index (χ1v) is 16.5. The Balaban J connectivity index is 1.41. The highest BCUT2D eigenvalue weighted by Crippen LogP contribution is 2.27. The van der Waals surface area contributed by atoms with Crippen molar-refractivity contribution in [1.82, 2.24) is 24.3 Å². The van der Waals surface area contributed by atoms with Gasteiger partial charge in [0.2, 0.25) is 0 Å². The number of benzene rings is 1. The average Bonchev–Trinajstić information content (AvgIpc) is 3.70. The van der Waals surface area contributed by atoms with E-state index in [-0.39, 0.29) is 17.6 Å². The van der Waals surface area contributed by atoms with Crippen LogP contribution in [0.2, 0.25) is 5.02 Å². The van der Waals surface area contributed by atoms with Gasteiger partial charge < -0.3 is 30.0 Å². The van der Waals surface area contributed by atoms with Gasteiger partial charge in [-0.25, -0.2) is 4.98 Å². The van der Waals surface area contributed by atoms with Crippen molar-refractivity contribution in [2.75, 3.05) is 43.1 Å². The molecule has 0 aliphatic carbocycles. The molecular formula is C33H42ClN9O3S. The zero-order chi connectivity index (χ0) is 34.2. The van der Waals surface area contributed by atoms with Gasteiger partial charge in [0.05, 0.1) is 11.4 Å². The van der Waals surface area contributed by atoms with Crippen LogP contribution in [-0.2, 0) is 20.5 Å². The van der Waals surface area contributed by atoms with Crippen LogP contribution in [0.5, 0.6) is 0 Å². The van der Waals surface area contributed by atoms with Gasteiger partial charge in [0.15, 0.2) is 5.13 Å². The molecule has 14 heteroatoms. The number of amidine groups is 1. The van der Waals surface area contributed by atoms with Crippen LogP contribution in [0.25, 0.3) is 0 Å². The summed E-state index contributed by atoms with van der Waals surface area (Å²) in [6.45, 7) is 5.64. The van der Waals surface area contributed by atoms with Crippen molar-refractivity contribution in [1.29, 1.82) is 5.41 Å². The van der Waals surface area contributed by atoms with Crippen molar-refractivity contribution in [2.24, 2.45) is 20.0 Å². The summed E-state index contributed by atoms with van der Waals surface area (Å²) >= 11 is 7.25. The number of aromatic nitrogens is 3. The smallest absolute Gasteiger partial charge is 0.274 e. The van der Waals surface area contributed by atoms with E-state index in [2.05, 4.69) is 45.0 Å². The lowest BCUT2D eigenvalue weighted by Gasteiger charge is -2.10. The molecule has 47 heavy (non-hydrogen) atoms. The summed E-state index contributed by atoms with van der Waals surface area (Å²) in [6.07, 6.45) is 5.75. The third kappa shape index (κ3) is 9.77. The van der Waals surface area contributed by atoms with Crippen LogP contribution in [0.4, 0.5) is 16.5 Å². The highest BCUT2D eigenvalue weighted by Gasteiger charge is 2.22. The third-order valence-electron chi connectivity index (χ3n) is 7.28. The predicted molar refractivity (Wildman–Crippen MR) is 189 cm³/mol. The number of hydrogen-bond donors (Lipinski definition) is 5. The minimum atomic E-state index is -0.416. The summed E-state index contributed by atoms with van der Waals surface area (Å²) in [7, 11) is 7.42. The molecule has 250 valence electrons. The van der Waals surface area contributed by atoms with Crippen LogP contribution >= 0.6 is 22.9 Å². The van der Waals surface area contributed by atoms with Gasteiger partial charge >= 0.3 is 0 Å². The van der Waals surface area contributed by atoms with Gasteiger partial charge in [-0.1, -0.05) is 25.4 Å². The maximum Gasteiger partial charge on any atom is 0.274 e. The number of anilines is 3. The van der Waals surface area contributed by atoms with E-state index < -0.39 is 5.91 Å². The monoisotopic (exact) mass is 679 g/mol. The topological polar surface area (TPSA) is 149 Å². The van der Waals surface area contributed by atoms with Crippen LogP contribution in [0.15, 0.2) is 48.8 Å². The number of rotatable bonds is 14. The molecule has 5 N–H and O–H groups in total. The van der Waals surface area contributed by atoms with Crippen LogP contribution in [0.1, 0.15) is 68.6 Å². The summed E-state index contributed by atoms with van der Waals surface area (Å²) in [5, 5.41) is 20.9. The Hall–Kier alpha value is -4.46. The van der Waals surface area contributed by atoms with Gasteiger partial charge in [0, 0.05) is 48.5 Å². The quantitative estimate of drug-likeness (QED) is 0.0657. The number of hydrogen-bond acceptors (Lipinski definition) is 7. The molecular weight excluding hydrogens is 638 g/mol. The maximum absolute atomic E-state index is 13.3. The van der Waals surface area contributed by atoms with E-state index in [1.165, 1.54) is 11.3 Å². The van der Waals surface area contributed by atoms with Crippen molar-refractivity contribution in [2.45, 2.75) is 33.1 Å². The first-order chi connectivity index (χ1) is 22.3. The lowest BCUT2D eigenvalue weighted by molar-refractivity contribution is 0.0944. The zero-order valence-electron chi connectivity index (χ0n) is 27.5. The molecule has 0 aliphatic rings. The maximum atomic E-state index is 13.3. The molecule has 0 spiro atoms. The molecule has 3 amide bonds. The summed E-state index contributed by atoms with van der Waals surface area (Å²) in [5.41, 5.74) is 2.66. The SMILES string of the molecule is CC(C)CCc1sc(NC(=O)c2cc(NC(=O)c3cc(NC(=N)c4ccc(Cl)cc4)cn3C)cn2C)nc1C(=O)NCCCN(C)C. The van der Waals surface area contributed by atoms with Gasteiger partial charge in [-0.15, -0.1) is 11.3 Å². The Morgan fingerprint density at radius 2 is 1.53 bits per heavy atom. The van der Waals surface area contributed by atoms with Crippen molar-refractivity contribution >= 4 is 63.0 Å². The van der Waals surface area contributed by atoms with E-state index in [0.717, 1.165) is 24.3 Å². The van der Waals surface area contributed by atoms with Gasteiger partial charge in [-0.3, -0.25) is 25.1 Å². The standard InChI is InChI=1S/C33H42ClN9O3S/c1-20(2)8-13-27-28(32(46)36-14-7-15-41(3)4)39-33(47-27)40-31(45)26-17-24(19-43(26)6)38-30(44)25-16-23(18-42(25)5)37-29(35)21-9-11-22(34)12-10-21/h9-12,16-20H,7-8,13-15H2,1-6H3,(H2,35,37)(H,36,46)(H,38,44)(H,39,40,45). The highest BCUT2D eigenvalue weighted by atomic mass is 35.5. The Morgan fingerprint density at radius 1 is 0.936 bits per heavy atom. The molecule has 0 fully saturated rings. The second-order valence-corrected chi connectivity index (χ2v) is 13.5. The molecule has 0 bridgehead atoms. The van der Waals surface area contributed by atoms with E-state index >= 15 is 0 Å². The van der Waals surface area contributed by atoms with Gasteiger partial charge in [-0.2, -0.15) is 0 Å². The molecule has 0 saturated carbocycles. The normalized spacial score (nSPS) is 11.2. The molecule has 0 atom stereocenters. The Bertz CT molecular complexity index is 1740. The van der Waals surface area contributed by atoms with Crippen LogP contribution in [0.3, 0.4) is 0 Å². The van der Waals surface area contributed by atoms with E-state index in [9.17, 15) is 14.4 Å². The molecule has 3 heterocycles. The molecule has 0 saturated heterocycles. The third-order valence-corrected chi connectivity index (χ3v) is 8.57. The van der Waals surface area contributed by atoms with Gasteiger partial charge in [0.25, 0.3) is 17.7 Å². The van der Waals surface area contributed by atoms with Crippen LogP contribution in [-0.4, -0.2) is 69.8 Å². The largest absolute Gasteiger partial charge is 0.351 e. The molecule has 3 aromatic heterocycles. The minimum absolute atomic E-state index is 0.165. The summed E-state index contributed by atoms with van der Waals surface area (Å²) in [6, 6.07) is 10.1. The fourth-order valence-corrected chi connectivity index (χ4v) is 5.85. The number of carbonyl (C=O) groups excluding carboxylic acids is 3. The number of carbonyl (C=O) groups is 3. The Kier molecular flexibility index (Phi) is 12.0. The van der Waals surface area contributed by atoms with Crippen molar-refractivity contribution in [3.05, 3.63) is 81.3 Å². The van der Waals surface area contributed by atoms with E-state index in [4.69, 9.17) is 17.0 Å². The Labute approximate surface area is 284 Å². The second kappa shape index (κ2) is 15.9. The van der Waals surface area contributed by atoms with Crippen LogP contribution in [0, 0.1) is 11.3 Å². The number of nitrogens with one attached hydrogen (secondary N) is 5. The molecule has 0 aliphatic heterocycles. The predicted octanol–water partition coefficient (Wildman–Crippen LogP) is 5.69. The van der Waals surface area contributed by atoms with E-state index in [1.54, 1.807) is 72.0 Å². The lowest BCUT2D eigenvalue weighted by atomic mass is 10.1. The summed E-state index contributed by atoms with van der Waals surface area (Å²) in [4.78, 5) is 46.9. The Morgan fingerprint density at radius 3 is 2.13 bits per heavy atom. The first-order valence-electron chi connectivity index (χ1n) is 15.3. The van der Waals surface area contributed by atoms with Crippen molar-refractivity contribution in [3.63, 3.8) is 0 Å². The summed E-state index contributed by atoms with van der Waals surface area (Å²) < 4.78 is 3.26. The lowest BCUT2D eigenvalue weighted by Crippen LogP contribution is -2.28. The molecule has 0 radical (unpaired) electrons. The molecule has 12 nitrogen and oxygen atoms in total. The molecule has 0 unspecified atom stereocenters. The fourth-order valence-electron chi connectivity index (χ4n) is 4.76. The van der Waals surface area contributed by atoms with Crippen molar-refractivity contribution < 1.29 is 14.4 Å². The van der Waals surface area contributed by atoms with E-state index in [1.807, 2.05) is 14.1 Å². The van der Waals surface area contributed by atoms with Crippen molar-refractivity contribution in [3.8, 4) is 0 Å². The highest BCUT2D eigenvalue weighted by molar-refractivity contribution is 7.16. The van der Waals surface area contributed by atoms with Gasteiger partial charge in [0.1, 0.15) is 22.9 Å². The zero-order valence-corrected chi connectivity index (χ0v) is 29.1. The number of nitrogens with zero attached hydrogens (tertiary/aromatic N) is 4. The van der Waals surface area contributed by atoms with Gasteiger partial charge in [-0.05, 0) is 82.2 Å². The fraction of sp³-hybridized carbons (Fsp3) is 0.364. The average molecular weight is 680 g/mol. The minimum Gasteiger partial charge on any atom is -0.351 e. The number of aryl methyl sites for hydroxylation is 3. The number of halogens is 1. The van der Waals surface area contributed by atoms with Crippen LogP contribution < -0.4 is 21.3 Å². The summed E-state index contributed by atoms with van der Waals surface area (Å²) in [5.74, 6) is -0.431. The molecule has 1 aromatic carbocycles. The second-order valence-electron chi connectivity index (χ2n) is 12.0. The molecule has 4 rings (SSSR count). The first kappa shape index (κ1) is 35.4.